The lowest BCUT2D eigenvalue weighted by Gasteiger charge is -2.27. The molecule has 7 rings (SSSR count). The number of nitrogens with zero attached hydrogens (tertiary/aromatic N) is 4. The van der Waals surface area contributed by atoms with E-state index in [0.29, 0.717) is 0 Å². The summed E-state index contributed by atoms with van der Waals surface area (Å²) in [7, 11) is 1.68. The molecule has 0 aliphatic carbocycles. The van der Waals surface area contributed by atoms with Gasteiger partial charge in [0.2, 0.25) is 0 Å². The van der Waals surface area contributed by atoms with Gasteiger partial charge in [-0.1, -0.05) is 109 Å². The largest absolute Gasteiger partial charge is 0.497 e. The van der Waals surface area contributed by atoms with Gasteiger partial charge >= 0.3 is 0 Å². The Bertz CT molecular complexity index is 1910. The highest BCUT2D eigenvalue weighted by molar-refractivity contribution is 6.01. The quantitative estimate of drug-likeness (QED) is 0.157. The summed E-state index contributed by atoms with van der Waals surface area (Å²) >= 11 is 0. The Balaban J connectivity index is 1.19. The molecule has 1 aromatic heterocycles. The molecule has 1 atom stereocenters. The number of rotatable bonds is 10. The van der Waals surface area contributed by atoms with Crippen LogP contribution in [0.4, 0.5) is 11.5 Å². The number of aromatic nitrogens is 1. The van der Waals surface area contributed by atoms with Gasteiger partial charge in [0.05, 0.1) is 24.4 Å². The van der Waals surface area contributed by atoms with Crippen molar-refractivity contribution in [2.75, 3.05) is 17.0 Å². The second-order valence-corrected chi connectivity index (χ2v) is 11.5. The molecule has 1 aliphatic rings. The second kappa shape index (κ2) is 13.5. The lowest BCUT2D eigenvalue weighted by Crippen LogP contribution is -2.23. The van der Waals surface area contributed by atoms with Gasteiger partial charge in [-0.2, -0.15) is 5.10 Å². The number of allylic oxidation sites excluding steroid dienone is 1. The average Bonchev–Trinajstić information content (AvgIpc) is 3.56. The van der Waals surface area contributed by atoms with Gasteiger partial charge in [0.25, 0.3) is 0 Å². The topological polar surface area (TPSA) is 41.0 Å². The fourth-order valence-electron chi connectivity index (χ4n) is 5.95. The Morgan fingerprint density at radius 2 is 1.35 bits per heavy atom. The van der Waals surface area contributed by atoms with E-state index in [1.165, 1.54) is 22.4 Å². The highest BCUT2D eigenvalue weighted by Crippen LogP contribution is 2.36. The molecule has 46 heavy (non-hydrogen) atoms. The van der Waals surface area contributed by atoms with Crippen LogP contribution in [0.25, 0.3) is 17.0 Å². The van der Waals surface area contributed by atoms with Crippen molar-refractivity contribution in [2.45, 2.75) is 25.6 Å². The molecule has 6 aromatic rings. The third-order valence-electron chi connectivity index (χ3n) is 8.41. The molecule has 5 heteroatoms. The minimum absolute atomic E-state index is 0.0231. The van der Waals surface area contributed by atoms with Gasteiger partial charge in [0, 0.05) is 30.6 Å². The van der Waals surface area contributed by atoms with Gasteiger partial charge in [0.1, 0.15) is 11.6 Å². The zero-order chi connectivity index (χ0) is 31.1. The smallest absolute Gasteiger partial charge is 0.150 e. The lowest BCUT2D eigenvalue weighted by molar-refractivity contribution is 0.415. The van der Waals surface area contributed by atoms with Gasteiger partial charge in [0.15, 0.2) is 0 Å². The van der Waals surface area contributed by atoms with E-state index in [1.54, 1.807) is 7.11 Å². The maximum atomic E-state index is 5.32. The Hall–Kier alpha value is -5.68. The third kappa shape index (κ3) is 6.69. The molecule has 1 aliphatic heterocycles. The summed E-state index contributed by atoms with van der Waals surface area (Å²) in [6.45, 7) is 1.66. The monoisotopic (exact) mass is 600 g/mol. The molecular weight excluding hydrogens is 564 g/mol. The van der Waals surface area contributed by atoms with Gasteiger partial charge in [-0.05, 0) is 70.8 Å². The van der Waals surface area contributed by atoms with Gasteiger partial charge in [-0.15, -0.1) is 0 Å². The molecule has 0 fully saturated rings. The molecule has 1 unspecified atom stereocenters. The molecule has 2 heterocycles. The van der Waals surface area contributed by atoms with E-state index >= 15 is 0 Å². The van der Waals surface area contributed by atoms with E-state index in [1.807, 2.05) is 24.3 Å². The summed E-state index contributed by atoms with van der Waals surface area (Å²) in [6, 6.07) is 50.9. The Kier molecular flexibility index (Phi) is 8.55. The molecule has 0 bridgehead atoms. The predicted molar refractivity (Wildman–Crippen MR) is 190 cm³/mol. The number of anilines is 2. The van der Waals surface area contributed by atoms with Crippen LogP contribution in [-0.2, 0) is 13.1 Å². The van der Waals surface area contributed by atoms with Crippen molar-refractivity contribution in [3.63, 3.8) is 0 Å². The number of hydrogen-bond acceptors (Lipinski definition) is 5. The van der Waals surface area contributed by atoms with Gasteiger partial charge in [-0.25, -0.2) is 9.99 Å². The van der Waals surface area contributed by atoms with Crippen molar-refractivity contribution in [2.24, 2.45) is 5.10 Å². The van der Waals surface area contributed by atoms with Crippen LogP contribution in [0.2, 0.25) is 0 Å². The highest BCUT2D eigenvalue weighted by atomic mass is 16.5. The Labute approximate surface area is 270 Å². The fourth-order valence-corrected chi connectivity index (χ4v) is 5.95. The van der Waals surface area contributed by atoms with Crippen LogP contribution in [0.15, 0.2) is 157 Å². The van der Waals surface area contributed by atoms with Crippen molar-refractivity contribution in [1.29, 1.82) is 0 Å². The second-order valence-electron chi connectivity index (χ2n) is 11.5. The van der Waals surface area contributed by atoms with E-state index in [2.05, 4.69) is 143 Å². The highest BCUT2D eigenvalue weighted by Gasteiger charge is 2.29. The van der Waals surface area contributed by atoms with Crippen LogP contribution in [0, 0.1) is 0 Å². The maximum absolute atomic E-state index is 5.32. The Morgan fingerprint density at radius 3 is 2.02 bits per heavy atom. The average molecular weight is 601 g/mol. The number of benzene rings is 5. The number of pyridine rings is 1. The summed E-state index contributed by atoms with van der Waals surface area (Å²) in [5.74, 6) is 1.69. The number of ether oxygens (including phenoxy) is 1. The first-order valence-electron chi connectivity index (χ1n) is 15.7. The molecule has 0 amide bonds. The molecule has 226 valence electrons. The molecule has 0 spiro atoms. The SMILES string of the molecule is COc1ccc(C=CC2=NN(c3ccc4ccccc4n3)C(c3ccc(N(Cc4ccccc4)Cc4ccccc4)cc3)C2)cc1. The van der Waals surface area contributed by atoms with Crippen LogP contribution in [0.3, 0.4) is 0 Å². The number of fused-ring (bicyclic) bond motifs is 1. The van der Waals surface area contributed by atoms with Crippen molar-refractivity contribution in [3.8, 4) is 5.75 Å². The third-order valence-corrected chi connectivity index (χ3v) is 8.41. The zero-order valence-corrected chi connectivity index (χ0v) is 25.9. The first-order valence-corrected chi connectivity index (χ1v) is 15.7. The van der Waals surface area contributed by atoms with E-state index < -0.39 is 0 Å². The van der Waals surface area contributed by atoms with Crippen LogP contribution in [-0.4, -0.2) is 17.8 Å². The van der Waals surface area contributed by atoms with Crippen LogP contribution in [0.1, 0.15) is 34.7 Å². The normalized spacial score (nSPS) is 14.5. The van der Waals surface area contributed by atoms with Gasteiger partial charge < -0.3 is 9.64 Å². The molecule has 0 radical (unpaired) electrons. The molecule has 5 nitrogen and oxygen atoms in total. The molecule has 0 N–H and O–H groups in total. The summed E-state index contributed by atoms with van der Waals surface area (Å²) in [5.41, 5.74) is 8.03. The van der Waals surface area contributed by atoms with Crippen molar-refractivity contribution in [3.05, 3.63) is 174 Å². The molecule has 0 saturated heterocycles. The van der Waals surface area contributed by atoms with E-state index in [9.17, 15) is 0 Å². The van der Waals surface area contributed by atoms with Crippen LogP contribution in [0.5, 0.6) is 5.75 Å². The summed E-state index contributed by atoms with van der Waals surface area (Å²) in [5, 5.41) is 8.31. The van der Waals surface area contributed by atoms with Crippen molar-refractivity contribution >= 4 is 34.2 Å². The zero-order valence-electron chi connectivity index (χ0n) is 25.9. The van der Waals surface area contributed by atoms with E-state index in [4.69, 9.17) is 14.8 Å². The predicted octanol–water partition coefficient (Wildman–Crippen LogP) is 9.47. The first kappa shape index (κ1) is 29.1. The fraction of sp³-hybridized carbons (Fsp3) is 0.122. The molecular formula is C41H36N4O. The number of methoxy groups -OCH3 is 1. The lowest BCUT2D eigenvalue weighted by atomic mass is 10.0. The van der Waals surface area contributed by atoms with E-state index in [-0.39, 0.29) is 6.04 Å². The number of hydrazone groups is 1. The van der Waals surface area contributed by atoms with E-state index in [0.717, 1.165) is 53.3 Å². The van der Waals surface area contributed by atoms with Crippen LogP contribution >= 0.6 is 0 Å². The minimum atomic E-state index is 0.0231. The molecule has 0 saturated carbocycles. The summed E-state index contributed by atoms with van der Waals surface area (Å²) < 4.78 is 5.32. The van der Waals surface area contributed by atoms with Gasteiger partial charge in [-0.3, -0.25) is 0 Å². The molecule has 5 aromatic carbocycles. The van der Waals surface area contributed by atoms with Crippen molar-refractivity contribution < 1.29 is 4.74 Å². The Morgan fingerprint density at radius 1 is 0.696 bits per heavy atom. The maximum Gasteiger partial charge on any atom is 0.150 e. The first-order chi connectivity index (χ1) is 22.7. The standard InChI is InChI=1S/C41H36N4O/c1-46-38-25-17-31(18-26-38)16-22-36-28-40(45(43-36)41-27-21-34-14-8-9-15-39(34)42-41)35-19-23-37(24-20-35)44(29-32-10-4-2-5-11-32)30-33-12-6-3-7-13-33/h2-27,40H,28-30H2,1H3. The summed E-state index contributed by atoms with van der Waals surface area (Å²) in [4.78, 5) is 7.45. The van der Waals surface area contributed by atoms with Crippen LogP contribution < -0.4 is 14.6 Å². The minimum Gasteiger partial charge on any atom is -0.497 e. The number of hydrogen-bond donors (Lipinski definition) is 0. The van der Waals surface area contributed by atoms with Crippen molar-refractivity contribution in [1.82, 2.24) is 4.98 Å². The summed E-state index contributed by atoms with van der Waals surface area (Å²) in [6.07, 6.45) is 5.00. The number of para-hydroxylation sites is 1.